The normalized spacial score (nSPS) is 14.0. The fourth-order valence-electron chi connectivity index (χ4n) is 4.88. The van der Waals surface area contributed by atoms with Gasteiger partial charge in [-0.2, -0.15) is 0 Å². The van der Waals surface area contributed by atoms with E-state index in [9.17, 15) is 9.59 Å². The molecule has 0 N–H and O–H groups in total. The topological polar surface area (TPSA) is 50.3 Å². The van der Waals surface area contributed by atoms with Crippen LogP contribution in [0.5, 0.6) is 0 Å². The summed E-state index contributed by atoms with van der Waals surface area (Å²) in [4.78, 5) is 33.1. The Bertz CT molecular complexity index is 1650. The first kappa shape index (κ1) is 21.0. The van der Waals surface area contributed by atoms with E-state index in [0.717, 1.165) is 33.5 Å². The molecule has 0 saturated carbocycles. The molecule has 4 nitrogen and oxygen atoms in total. The molecule has 170 valence electrons. The minimum atomic E-state index is -0.213. The fraction of sp³-hybridized carbons (Fsp3) is 0. The van der Waals surface area contributed by atoms with Gasteiger partial charge in [0.2, 0.25) is 0 Å². The number of pyridine rings is 1. The van der Waals surface area contributed by atoms with Gasteiger partial charge in [0.15, 0.2) is 0 Å². The average Bonchev–Trinajstić information content (AvgIpc) is 3.15. The molecule has 1 aliphatic heterocycles. The van der Waals surface area contributed by atoms with Crippen molar-refractivity contribution < 1.29 is 9.59 Å². The first-order valence-electron chi connectivity index (χ1n) is 11.6. The summed E-state index contributed by atoms with van der Waals surface area (Å²) in [6.07, 6.45) is 3.53. The third-order valence-electron chi connectivity index (χ3n) is 6.62. The van der Waals surface area contributed by atoms with Crippen LogP contribution in [0.3, 0.4) is 0 Å². The summed E-state index contributed by atoms with van der Waals surface area (Å²) in [7, 11) is 0. The third kappa shape index (κ3) is 3.25. The molecule has 0 saturated heterocycles. The molecule has 0 spiro atoms. The van der Waals surface area contributed by atoms with Crippen LogP contribution in [0.1, 0.15) is 26.3 Å². The van der Waals surface area contributed by atoms with Crippen molar-refractivity contribution in [3.05, 3.63) is 126 Å². The van der Waals surface area contributed by atoms with Crippen molar-refractivity contribution >= 4 is 69.5 Å². The minimum absolute atomic E-state index is 0.198. The number of carbonyl (C=O) groups excluding carboxylic acids is 2. The van der Waals surface area contributed by atoms with E-state index in [1.807, 2.05) is 79.0 Å². The number of carbonyl (C=O) groups is 2. The van der Waals surface area contributed by atoms with E-state index in [1.54, 1.807) is 6.08 Å². The molecule has 2 aliphatic rings. The zero-order valence-electron chi connectivity index (χ0n) is 19.0. The zero-order valence-corrected chi connectivity index (χ0v) is 20.7. The van der Waals surface area contributed by atoms with Crippen LogP contribution in [0.25, 0.3) is 16.8 Å². The second kappa shape index (κ2) is 8.13. The number of hydrogen-bond acceptors (Lipinski definition) is 4. The van der Waals surface area contributed by atoms with Gasteiger partial charge in [0.1, 0.15) is 0 Å². The maximum absolute atomic E-state index is 13.1. The van der Waals surface area contributed by atoms with Crippen molar-refractivity contribution in [1.29, 1.82) is 0 Å². The molecule has 0 amide bonds. The summed E-state index contributed by atoms with van der Waals surface area (Å²) < 4.78 is 2.55. The molecule has 1 aromatic heterocycles. The Balaban J connectivity index is 1.26. The average molecular weight is 529 g/mol. The molecule has 1 aliphatic carbocycles. The Labute approximate surface area is 214 Å². The van der Waals surface area contributed by atoms with E-state index in [1.165, 1.54) is 8.92 Å². The fourth-order valence-corrected chi connectivity index (χ4v) is 7.04. The Morgan fingerprint density at radius 1 is 0.694 bits per heavy atom. The zero-order chi connectivity index (χ0) is 24.2. The Kier molecular flexibility index (Phi) is 4.74. The second-order valence-electron chi connectivity index (χ2n) is 8.78. The number of fused-ring (bicyclic) bond motifs is 4. The van der Waals surface area contributed by atoms with Gasteiger partial charge in [0, 0.05) is 0 Å². The SMILES string of the molecule is O=C1C(=Cc2ccc(N3c4ccccc4[Se]c4cccnc43)cc2)C(=O)c2cc3ccccc3cc21. The predicted octanol–water partition coefficient (Wildman–Crippen LogP) is 5.14. The van der Waals surface area contributed by atoms with Gasteiger partial charge in [-0.1, -0.05) is 24.3 Å². The number of allylic oxidation sites excluding steroid dienone is 1. The monoisotopic (exact) mass is 530 g/mol. The van der Waals surface area contributed by atoms with Crippen LogP contribution in [0.15, 0.2) is 109 Å². The first-order valence-corrected chi connectivity index (χ1v) is 13.3. The molecule has 0 bridgehead atoms. The number of nitrogens with zero attached hydrogens (tertiary/aromatic N) is 2. The van der Waals surface area contributed by atoms with Crippen molar-refractivity contribution in [2.45, 2.75) is 0 Å². The molecule has 5 aromatic rings. The number of para-hydroxylation sites is 1. The van der Waals surface area contributed by atoms with Crippen LogP contribution in [0, 0.1) is 0 Å². The van der Waals surface area contributed by atoms with Gasteiger partial charge in [-0.05, 0) is 10.8 Å². The molecule has 7 rings (SSSR count). The summed E-state index contributed by atoms with van der Waals surface area (Å²) >= 11 is 0.198. The van der Waals surface area contributed by atoms with Gasteiger partial charge in [-0.15, -0.1) is 0 Å². The molecule has 2 heterocycles. The summed E-state index contributed by atoms with van der Waals surface area (Å²) in [6, 6.07) is 31.9. The number of benzene rings is 4. The van der Waals surface area contributed by atoms with Crippen LogP contribution in [-0.2, 0) is 0 Å². The van der Waals surface area contributed by atoms with E-state index in [4.69, 9.17) is 0 Å². The number of Topliss-reactive ketones (excluding diaryl/α,β-unsaturated/α-hetero) is 2. The Morgan fingerprint density at radius 2 is 1.33 bits per heavy atom. The molecular weight excluding hydrogens is 511 g/mol. The standard InChI is InChI=1S/C31H18N2O2Se/c34-29-23-17-20-6-1-2-7-21(20)18-24(23)30(35)25(29)16-19-11-13-22(14-12-19)33-26-8-3-4-9-27(26)36-28-10-5-15-32-31(28)33/h1-18H. The summed E-state index contributed by atoms with van der Waals surface area (Å²) in [5.41, 5.74) is 4.11. The van der Waals surface area contributed by atoms with Crippen LogP contribution in [0.2, 0.25) is 0 Å². The van der Waals surface area contributed by atoms with Crippen molar-refractivity contribution in [1.82, 2.24) is 4.98 Å². The molecule has 0 atom stereocenters. The molecule has 36 heavy (non-hydrogen) atoms. The van der Waals surface area contributed by atoms with E-state index in [-0.39, 0.29) is 32.1 Å². The van der Waals surface area contributed by atoms with Crippen molar-refractivity contribution in [3.8, 4) is 0 Å². The van der Waals surface area contributed by atoms with Crippen LogP contribution < -0.4 is 13.8 Å². The first-order chi connectivity index (χ1) is 17.7. The molecule has 0 unspecified atom stereocenters. The summed E-state index contributed by atoms with van der Waals surface area (Å²) in [6.45, 7) is 0. The van der Waals surface area contributed by atoms with Gasteiger partial charge >= 0.3 is 179 Å². The van der Waals surface area contributed by atoms with Crippen molar-refractivity contribution in [2.75, 3.05) is 4.90 Å². The Morgan fingerprint density at radius 3 is 2.06 bits per heavy atom. The summed E-state index contributed by atoms with van der Waals surface area (Å²) in [5.74, 6) is 0.524. The van der Waals surface area contributed by atoms with E-state index < -0.39 is 0 Å². The van der Waals surface area contributed by atoms with Crippen LogP contribution in [0.4, 0.5) is 17.2 Å². The van der Waals surface area contributed by atoms with Crippen molar-refractivity contribution in [2.24, 2.45) is 0 Å². The van der Waals surface area contributed by atoms with E-state index in [2.05, 4.69) is 34.1 Å². The van der Waals surface area contributed by atoms with Gasteiger partial charge in [0.05, 0.1) is 0 Å². The van der Waals surface area contributed by atoms with Crippen LogP contribution in [-0.4, -0.2) is 31.5 Å². The number of rotatable bonds is 2. The van der Waals surface area contributed by atoms with Gasteiger partial charge < -0.3 is 0 Å². The molecule has 0 fully saturated rings. The van der Waals surface area contributed by atoms with Crippen molar-refractivity contribution in [3.63, 3.8) is 0 Å². The second-order valence-corrected chi connectivity index (χ2v) is 11.1. The number of anilines is 3. The molecule has 0 radical (unpaired) electrons. The van der Waals surface area contributed by atoms with Gasteiger partial charge in [-0.3, -0.25) is 0 Å². The molecular formula is C31H18N2O2Se. The number of hydrogen-bond donors (Lipinski definition) is 0. The number of aromatic nitrogens is 1. The van der Waals surface area contributed by atoms with Crippen LogP contribution >= 0.6 is 0 Å². The Hall–Kier alpha value is -4.31. The number of ketones is 2. The van der Waals surface area contributed by atoms with Gasteiger partial charge in [0.25, 0.3) is 0 Å². The van der Waals surface area contributed by atoms with Gasteiger partial charge in [-0.25, -0.2) is 0 Å². The summed E-state index contributed by atoms with van der Waals surface area (Å²) in [5, 5.41) is 1.92. The van der Waals surface area contributed by atoms with E-state index >= 15 is 0 Å². The molecule has 4 aromatic carbocycles. The third-order valence-corrected chi connectivity index (χ3v) is 8.93. The predicted molar refractivity (Wildman–Crippen MR) is 145 cm³/mol. The maximum atomic E-state index is 13.1. The quantitative estimate of drug-likeness (QED) is 0.177. The molecule has 5 heteroatoms. The van der Waals surface area contributed by atoms with E-state index in [0.29, 0.717) is 11.1 Å².